The summed E-state index contributed by atoms with van der Waals surface area (Å²) in [5, 5.41) is 8.43. The minimum atomic E-state index is 0.380. The topological polar surface area (TPSA) is 126 Å². The molecule has 2 fully saturated rings. The van der Waals surface area contributed by atoms with E-state index in [2.05, 4.69) is 44.9 Å². The first-order valence-electron chi connectivity index (χ1n) is 9.52. The van der Waals surface area contributed by atoms with Crippen LogP contribution in [0.2, 0.25) is 0 Å². The number of aliphatic imine (C=N–C) groups is 2. The summed E-state index contributed by atoms with van der Waals surface area (Å²) < 4.78 is 0. The van der Waals surface area contributed by atoms with E-state index in [9.17, 15) is 0 Å². The van der Waals surface area contributed by atoms with Crippen molar-refractivity contribution in [1.29, 1.82) is 0 Å². The van der Waals surface area contributed by atoms with Gasteiger partial charge >= 0.3 is 0 Å². The number of hydrazone groups is 2. The lowest BCUT2D eigenvalue weighted by molar-refractivity contribution is 0.498. The van der Waals surface area contributed by atoms with Crippen molar-refractivity contribution in [2.75, 3.05) is 14.1 Å². The van der Waals surface area contributed by atoms with Crippen LogP contribution in [0.15, 0.2) is 20.2 Å². The number of hydrogen-bond acceptors (Lipinski definition) is 4. The van der Waals surface area contributed by atoms with Gasteiger partial charge in [-0.2, -0.15) is 10.2 Å². The fourth-order valence-corrected chi connectivity index (χ4v) is 3.10. The van der Waals surface area contributed by atoms with E-state index in [4.69, 9.17) is 11.5 Å². The molecule has 26 heavy (non-hydrogen) atoms. The number of guanidine groups is 2. The van der Waals surface area contributed by atoms with Crippen LogP contribution in [-0.2, 0) is 0 Å². The lowest BCUT2D eigenvalue weighted by Gasteiger charge is -2.18. The summed E-state index contributed by atoms with van der Waals surface area (Å²) in [5.74, 6) is 2.28. The van der Waals surface area contributed by atoms with Crippen LogP contribution < -0.4 is 22.3 Å². The molecule has 0 aromatic rings. The second-order valence-electron chi connectivity index (χ2n) is 7.20. The van der Waals surface area contributed by atoms with Crippen molar-refractivity contribution in [3.8, 4) is 0 Å². The maximum atomic E-state index is 5.46. The normalized spacial score (nSPS) is 27.7. The first-order chi connectivity index (χ1) is 12.4. The van der Waals surface area contributed by atoms with E-state index in [0.29, 0.717) is 11.9 Å². The van der Waals surface area contributed by atoms with E-state index in [1.807, 2.05) is 0 Å². The summed E-state index contributed by atoms with van der Waals surface area (Å²) in [6.07, 6.45) is 9.47. The van der Waals surface area contributed by atoms with Gasteiger partial charge in [0.15, 0.2) is 0 Å². The van der Waals surface area contributed by atoms with Crippen LogP contribution in [-0.4, -0.2) is 37.4 Å². The van der Waals surface area contributed by atoms with E-state index in [-0.39, 0.29) is 0 Å². The molecule has 2 saturated carbocycles. The zero-order valence-corrected chi connectivity index (χ0v) is 16.8. The van der Waals surface area contributed by atoms with Gasteiger partial charge in [0.1, 0.15) is 0 Å². The van der Waals surface area contributed by atoms with Gasteiger partial charge in [0, 0.05) is 25.5 Å². The average Bonchev–Trinajstić information content (AvgIpc) is 2.64. The Morgan fingerprint density at radius 1 is 0.808 bits per heavy atom. The number of nitrogens with two attached hydrogens (primary N) is 2. The zero-order chi connectivity index (χ0) is 19.4. The predicted octanol–water partition coefficient (Wildman–Crippen LogP) is 2.17. The second-order valence-corrected chi connectivity index (χ2v) is 7.20. The highest BCUT2D eigenvalue weighted by Gasteiger charge is 2.14. The Morgan fingerprint density at radius 3 is 1.50 bits per heavy atom. The van der Waals surface area contributed by atoms with Crippen molar-refractivity contribution in [3.05, 3.63) is 0 Å². The van der Waals surface area contributed by atoms with Crippen LogP contribution in [0.1, 0.15) is 65.2 Å². The largest absolute Gasteiger partial charge is 0.369 e. The number of rotatable bonds is 2. The first kappa shape index (κ1) is 21.9. The molecular formula is C18H36N8. The summed E-state index contributed by atoms with van der Waals surface area (Å²) in [6.45, 7) is 4.51. The molecule has 2 aliphatic rings. The Bertz CT molecular complexity index is 487. The van der Waals surface area contributed by atoms with Crippen molar-refractivity contribution in [2.45, 2.75) is 65.2 Å². The van der Waals surface area contributed by atoms with Gasteiger partial charge in [-0.05, 0) is 63.2 Å². The zero-order valence-electron chi connectivity index (χ0n) is 16.8. The Balaban J connectivity index is 0.000000260. The molecule has 0 spiro atoms. The standard InChI is InChI=1S/2C9H18N4/c2*1-7-4-3-5-8(6-7)12-13-9(10)11-2/h2*7H,3-6H2,1-2H3,(H3,10,11,13)/b2*12-8+/t2*7-/m10/s1. The van der Waals surface area contributed by atoms with Gasteiger partial charge in [0.2, 0.25) is 11.9 Å². The van der Waals surface area contributed by atoms with Gasteiger partial charge in [-0.25, -0.2) is 10.9 Å². The van der Waals surface area contributed by atoms with E-state index in [1.54, 1.807) is 14.1 Å². The van der Waals surface area contributed by atoms with E-state index >= 15 is 0 Å². The lowest BCUT2D eigenvalue weighted by atomic mass is 9.89. The lowest BCUT2D eigenvalue weighted by Crippen LogP contribution is -2.29. The molecule has 2 aliphatic carbocycles. The third kappa shape index (κ3) is 9.39. The second kappa shape index (κ2) is 12.3. The highest BCUT2D eigenvalue weighted by atomic mass is 15.4. The van der Waals surface area contributed by atoms with Gasteiger partial charge in [-0.15, -0.1) is 0 Å². The molecule has 8 heteroatoms. The Kier molecular flexibility index (Phi) is 10.3. The molecule has 0 heterocycles. The van der Waals surface area contributed by atoms with Gasteiger partial charge in [-0.1, -0.05) is 13.8 Å². The van der Waals surface area contributed by atoms with E-state index in [1.165, 1.54) is 37.1 Å². The van der Waals surface area contributed by atoms with Crippen LogP contribution in [0.25, 0.3) is 0 Å². The van der Waals surface area contributed by atoms with Crippen molar-refractivity contribution in [3.63, 3.8) is 0 Å². The van der Waals surface area contributed by atoms with Crippen molar-refractivity contribution in [2.24, 2.45) is 43.5 Å². The third-order valence-electron chi connectivity index (χ3n) is 4.63. The molecular weight excluding hydrogens is 328 g/mol. The maximum Gasteiger partial charge on any atom is 0.209 e. The van der Waals surface area contributed by atoms with Crippen molar-refractivity contribution < 1.29 is 0 Å². The summed E-state index contributed by atoms with van der Waals surface area (Å²) in [7, 11) is 3.29. The van der Waals surface area contributed by atoms with Crippen molar-refractivity contribution >= 4 is 23.3 Å². The molecule has 6 N–H and O–H groups in total. The van der Waals surface area contributed by atoms with Crippen LogP contribution in [0.3, 0.4) is 0 Å². The summed E-state index contributed by atoms with van der Waals surface area (Å²) in [6, 6.07) is 0. The summed E-state index contributed by atoms with van der Waals surface area (Å²) in [4.78, 5) is 7.54. The molecule has 0 bridgehead atoms. The smallest absolute Gasteiger partial charge is 0.209 e. The van der Waals surface area contributed by atoms with Crippen LogP contribution in [0, 0.1) is 11.8 Å². The molecule has 0 amide bonds. The molecule has 0 aromatic carbocycles. The maximum absolute atomic E-state index is 5.46. The molecule has 8 nitrogen and oxygen atoms in total. The molecule has 2 rings (SSSR count). The SMILES string of the molecule is CN=C(N)N/N=C1\CCC[C@@H](C)C1.CN=C(N)N/N=C1\CCC[C@H](C)C1. The highest BCUT2D eigenvalue weighted by molar-refractivity contribution is 5.88. The molecule has 0 aliphatic heterocycles. The van der Waals surface area contributed by atoms with E-state index < -0.39 is 0 Å². The van der Waals surface area contributed by atoms with Crippen LogP contribution in [0.4, 0.5) is 0 Å². The Hall–Kier alpha value is -2.12. The van der Waals surface area contributed by atoms with Crippen molar-refractivity contribution in [1.82, 2.24) is 10.9 Å². The molecule has 0 unspecified atom stereocenters. The minimum absolute atomic E-state index is 0.380. The first-order valence-corrected chi connectivity index (χ1v) is 9.52. The molecule has 0 radical (unpaired) electrons. The predicted molar refractivity (Wildman–Crippen MR) is 111 cm³/mol. The Morgan fingerprint density at radius 2 is 1.19 bits per heavy atom. The summed E-state index contributed by atoms with van der Waals surface area (Å²) >= 11 is 0. The number of nitrogens with zero attached hydrogens (tertiary/aromatic N) is 4. The molecule has 2 atom stereocenters. The quantitative estimate of drug-likeness (QED) is 0.340. The molecule has 148 valence electrons. The number of hydrogen-bond donors (Lipinski definition) is 4. The van der Waals surface area contributed by atoms with Crippen LogP contribution >= 0.6 is 0 Å². The van der Waals surface area contributed by atoms with Gasteiger partial charge in [0.05, 0.1) is 0 Å². The van der Waals surface area contributed by atoms with Gasteiger partial charge in [0.25, 0.3) is 0 Å². The molecule has 0 saturated heterocycles. The monoisotopic (exact) mass is 364 g/mol. The highest BCUT2D eigenvalue weighted by Crippen LogP contribution is 2.21. The van der Waals surface area contributed by atoms with Crippen LogP contribution in [0.5, 0.6) is 0 Å². The van der Waals surface area contributed by atoms with Gasteiger partial charge in [-0.3, -0.25) is 9.98 Å². The fraction of sp³-hybridized carbons (Fsp3) is 0.778. The molecule has 0 aromatic heterocycles. The number of nitrogens with one attached hydrogen (secondary N) is 2. The van der Waals surface area contributed by atoms with E-state index in [0.717, 1.165) is 37.5 Å². The fourth-order valence-electron chi connectivity index (χ4n) is 3.10. The Labute approximate surface area is 157 Å². The summed E-state index contributed by atoms with van der Waals surface area (Å²) in [5.41, 5.74) is 18.8. The van der Waals surface area contributed by atoms with Gasteiger partial charge < -0.3 is 11.5 Å². The minimum Gasteiger partial charge on any atom is -0.369 e. The third-order valence-corrected chi connectivity index (χ3v) is 4.63. The average molecular weight is 365 g/mol.